The van der Waals surface area contributed by atoms with Crippen LogP contribution in [0.3, 0.4) is 0 Å². The summed E-state index contributed by atoms with van der Waals surface area (Å²) in [6, 6.07) is 13.0. The van der Waals surface area contributed by atoms with Crippen LogP contribution in [0.4, 0.5) is 19.0 Å². The molecule has 2 atom stereocenters. The fraction of sp³-hybridized carbons (Fsp3) is 0.304. The molecule has 0 saturated heterocycles. The van der Waals surface area contributed by atoms with Crippen molar-refractivity contribution in [3.63, 3.8) is 0 Å². The highest BCUT2D eigenvalue weighted by atomic mass is 19.4. The van der Waals surface area contributed by atoms with Crippen molar-refractivity contribution < 1.29 is 27.4 Å². The first-order valence-corrected chi connectivity index (χ1v) is 10.3. The number of ether oxygens (including phenoxy) is 2. The van der Waals surface area contributed by atoms with Gasteiger partial charge in [-0.25, -0.2) is 4.68 Å². The van der Waals surface area contributed by atoms with E-state index in [0.29, 0.717) is 17.1 Å². The molecule has 3 aromatic rings. The molecule has 2 aromatic carbocycles. The number of carbonyl (C=O) groups excluding carboxylic acids is 1. The Morgan fingerprint density at radius 3 is 2.52 bits per heavy atom. The Balaban J connectivity index is 1.60. The van der Waals surface area contributed by atoms with Gasteiger partial charge >= 0.3 is 6.18 Å². The van der Waals surface area contributed by atoms with E-state index in [1.54, 1.807) is 18.2 Å². The summed E-state index contributed by atoms with van der Waals surface area (Å²) in [4.78, 5) is 12.6. The fourth-order valence-corrected chi connectivity index (χ4v) is 3.84. The van der Waals surface area contributed by atoms with Crippen molar-refractivity contribution >= 4 is 11.7 Å². The molecule has 2 N–H and O–H groups in total. The molecule has 1 amide bonds. The number of anilines is 1. The van der Waals surface area contributed by atoms with Crippen molar-refractivity contribution in [3.05, 3.63) is 71.4 Å². The van der Waals surface area contributed by atoms with Crippen molar-refractivity contribution in [2.45, 2.75) is 31.2 Å². The van der Waals surface area contributed by atoms with Crippen molar-refractivity contribution in [2.75, 3.05) is 19.5 Å². The molecule has 4 rings (SSSR count). The van der Waals surface area contributed by atoms with Crippen LogP contribution in [0.25, 0.3) is 0 Å². The van der Waals surface area contributed by atoms with Crippen LogP contribution < -0.4 is 20.1 Å². The summed E-state index contributed by atoms with van der Waals surface area (Å²) in [5.41, 5.74) is 1.38. The number of halogens is 3. The molecule has 0 radical (unpaired) electrons. The van der Waals surface area contributed by atoms with E-state index in [2.05, 4.69) is 15.7 Å². The molecule has 2 heterocycles. The van der Waals surface area contributed by atoms with Crippen LogP contribution in [0, 0.1) is 0 Å². The maximum absolute atomic E-state index is 13.9. The largest absolute Gasteiger partial charge is 0.493 e. The maximum atomic E-state index is 13.9. The minimum Gasteiger partial charge on any atom is -0.493 e. The lowest BCUT2D eigenvalue weighted by atomic mass is 9.96. The third-order valence-corrected chi connectivity index (χ3v) is 5.53. The van der Waals surface area contributed by atoms with Crippen LogP contribution in [0.2, 0.25) is 0 Å². The number of rotatable bonds is 6. The molecule has 0 bridgehead atoms. The number of fused-ring (bicyclic) bond motifs is 1. The molecule has 1 aliphatic rings. The molecule has 0 fully saturated rings. The topological polar surface area (TPSA) is 77.4 Å². The maximum Gasteiger partial charge on any atom is 0.410 e. The monoisotopic (exact) mass is 460 g/mol. The minimum atomic E-state index is -4.55. The van der Waals surface area contributed by atoms with Gasteiger partial charge in [-0.1, -0.05) is 36.4 Å². The fourth-order valence-electron chi connectivity index (χ4n) is 3.84. The van der Waals surface area contributed by atoms with Gasteiger partial charge in [0.1, 0.15) is 5.82 Å². The molecule has 0 unspecified atom stereocenters. The lowest BCUT2D eigenvalue weighted by Gasteiger charge is -2.33. The summed E-state index contributed by atoms with van der Waals surface area (Å²) >= 11 is 0. The molecule has 0 saturated carbocycles. The molecule has 10 heteroatoms. The average molecular weight is 460 g/mol. The summed E-state index contributed by atoms with van der Waals surface area (Å²) < 4.78 is 53.1. The number of hydrogen-bond donors (Lipinski definition) is 2. The van der Waals surface area contributed by atoms with E-state index in [4.69, 9.17) is 9.47 Å². The number of nitrogens with one attached hydrogen (secondary N) is 2. The van der Waals surface area contributed by atoms with Crippen molar-refractivity contribution in [1.82, 2.24) is 15.1 Å². The van der Waals surface area contributed by atoms with Crippen LogP contribution in [0.1, 0.15) is 40.1 Å². The molecule has 33 heavy (non-hydrogen) atoms. The normalized spacial score (nSPS) is 17.6. The zero-order valence-electron chi connectivity index (χ0n) is 18.0. The number of benzene rings is 2. The van der Waals surface area contributed by atoms with Gasteiger partial charge in [-0.15, -0.1) is 0 Å². The number of methoxy groups -OCH3 is 2. The standard InChI is InChI=1S/C23H23F3N4O3/c1-32-18-9-8-15(10-19(18)33-2)16-11-20(23(24,25)26)30-21(28-16)12-17(29-30)22(31)27-13-14-6-4-3-5-7-14/h3-10,12,16,20,28H,11,13H2,1-2H3,(H,27,31)/t16-,20+/m1/s1. The number of hydrogen-bond acceptors (Lipinski definition) is 5. The zero-order valence-corrected chi connectivity index (χ0v) is 18.0. The first-order valence-electron chi connectivity index (χ1n) is 10.3. The van der Waals surface area contributed by atoms with Gasteiger partial charge in [-0.3, -0.25) is 4.79 Å². The van der Waals surface area contributed by atoms with Crippen LogP contribution in [-0.4, -0.2) is 36.1 Å². The Hall–Kier alpha value is -3.69. The first-order chi connectivity index (χ1) is 15.8. The number of amides is 1. The third kappa shape index (κ3) is 4.74. The van der Waals surface area contributed by atoms with Crippen LogP contribution in [0.5, 0.6) is 11.5 Å². The Kier molecular flexibility index (Phi) is 6.17. The Morgan fingerprint density at radius 1 is 1.12 bits per heavy atom. The van der Waals surface area contributed by atoms with Crippen molar-refractivity contribution in [1.29, 1.82) is 0 Å². The molecule has 1 aromatic heterocycles. The number of alkyl halides is 3. The third-order valence-electron chi connectivity index (χ3n) is 5.53. The molecular weight excluding hydrogens is 437 g/mol. The van der Waals surface area contributed by atoms with Gasteiger partial charge in [0.2, 0.25) is 0 Å². The Labute approximate surface area is 188 Å². The zero-order chi connectivity index (χ0) is 23.6. The van der Waals surface area contributed by atoms with E-state index >= 15 is 0 Å². The second kappa shape index (κ2) is 9.05. The van der Waals surface area contributed by atoms with E-state index in [-0.39, 0.29) is 24.5 Å². The molecule has 0 aliphatic carbocycles. The lowest BCUT2D eigenvalue weighted by molar-refractivity contribution is -0.173. The van der Waals surface area contributed by atoms with Gasteiger partial charge in [0.25, 0.3) is 5.91 Å². The van der Waals surface area contributed by atoms with E-state index in [1.165, 1.54) is 20.3 Å². The van der Waals surface area contributed by atoms with Crippen LogP contribution in [0.15, 0.2) is 54.6 Å². The summed E-state index contributed by atoms with van der Waals surface area (Å²) in [6.45, 7) is 0.242. The van der Waals surface area contributed by atoms with E-state index in [0.717, 1.165) is 10.2 Å². The highest BCUT2D eigenvalue weighted by Crippen LogP contribution is 2.44. The molecule has 7 nitrogen and oxygen atoms in total. The van der Waals surface area contributed by atoms with E-state index < -0.39 is 24.2 Å². The quantitative estimate of drug-likeness (QED) is 0.567. The SMILES string of the molecule is COc1ccc([C@H]2C[C@@H](C(F)(F)F)n3nc(C(=O)NCc4ccccc4)cc3N2)cc1OC. The number of carbonyl (C=O) groups is 1. The highest BCUT2D eigenvalue weighted by molar-refractivity contribution is 5.93. The minimum absolute atomic E-state index is 0.0874. The van der Waals surface area contributed by atoms with Gasteiger partial charge in [0.05, 0.1) is 20.3 Å². The smallest absolute Gasteiger partial charge is 0.410 e. The Morgan fingerprint density at radius 2 is 1.85 bits per heavy atom. The van der Waals surface area contributed by atoms with Gasteiger partial charge < -0.3 is 20.1 Å². The van der Waals surface area contributed by atoms with E-state index in [9.17, 15) is 18.0 Å². The first kappa shape index (κ1) is 22.5. The van der Waals surface area contributed by atoms with Crippen molar-refractivity contribution in [3.8, 4) is 11.5 Å². The highest BCUT2D eigenvalue weighted by Gasteiger charge is 2.47. The van der Waals surface area contributed by atoms with Gasteiger partial charge in [-0.2, -0.15) is 18.3 Å². The second-order valence-electron chi connectivity index (χ2n) is 7.63. The van der Waals surface area contributed by atoms with Crippen LogP contribution >= 0.6 is 0 Å². The summed E-state index contributed by atoms with van der Waals surface area (Å²) in [5.74, 6) is 0.464. The van der Waals surface area contributed by atoms with Crippen LogP contribution in [-0.2, 0) is 6.54 Å². The van der Waals surface area contributed by atoms with Gasteiger partial charge in [0, 0.05) is 19.0 Å². The molecule has 174 valence electrons. The number of aromatic nitrogens is 2. The number of nitrogens with zero attached hydrogens (tertiary/aromatic N) is 2. The lowest BCUT2D eigenvalue weighted by Crippen LogP contribution is -2.35. The summed E-state index contributed by atoms with van der Waals surface area (Å²) in [5, 5.41) is 9.75. The molecule has 0 spiro atoms. The van der Waals surface area contributed by atoms with Gasteiger partial charge in [-0.05, 0) is 23.3 Å². The Bertz CT molecular complexity index is 1130. The summed E-state index contributed by atoms with van der Waals surface area (Å²) in [7, 11) is 2.95. The van der Waals surface area contributed by atoms with E-state index in [1.807, 2.05) is 30.3 Å². The predicted molar refractivity (Wildman–Crippen MR) is 115 cm³/mol. The second-order valence-corrected chi connectivity index (χ2v) is 7.63. The predicted octanol–water partition coefficient (Wildman–Crippen LogP) is 4.49. The summed E-state index contributed by atoms with van der Waals surface area (Å²) in [6.07, 6.45) is -4.84. The van der Waals surface area contributed by atoms with Gasteiger partial charge in [0.15, 0.2) is 23.2 Å². The molecular formula is C23H23F3N4O3. The average Bonchev–Trinajstić information content (AvgIpc) is 3.25. The molecule has 1 aliphatic heterocycles. The van der Waals surface area contributed by atoms with Crippen molar-refractivity contribution in [2.24, 2.45) is 0 Å².